The molecule has 2 aliphatic rings. The molecular formula is C24H16F2N4O3S. The summed E-state index contributed by atoms with van der Waals surface area (Å²) in [4.78, 5) is 32.2. The maximum atomic E-state index is 13.5. The lowest BCUT2D eigenvalue weighted by atomic mass is 10.0. The van der Waals surface area contributed by atoms with Crippen molar-refractivity contribution in [1.29, 1.82) is 5.26 Å². The molecule has 1 saturated heterocycles. The summed E-state index contributed by atoms with van der Waals surface area (Å²) in [5.41, 5.74) is 0.924. The fourth-order valence-electron chi connectivity index (χ4n) is 4.07. The number of aromatic nitrogens is 1. The van der Waals surface area contributed by atoms with Crippen LogP contribution in [0.2, 0.25) is 0 Å². The van der Waals surface area contributed by atoms with E-state index in [1.165, 1.54) is 49.5 Å². The minimum Gasteiger partial charge on any atom is -0.497 e. The summed E-state index contributed by atoms with van der Waals surface area (Å²) in [6, 6.07) is 9.92. The molecule has 0 aliphatic carbocycles. The number of hydrogen-bond donors (Lipinski definition) is 1. The number of ether oxygens (including phenoxy) is 1. The zero-order valence-electron chi connectivity index (χ0n) is 17.7. The van der Waals surface area contributed by atoms with Gasteiger partial charge in [0.25, 0.3) is 12.3 Å². The molecule has 2 aromatic carbocycles. The van der Waals surface area contributed by atoms with E-state index in [1.807, 2.05) is 0 Å². The number of thioether (sulfide) groups is 1. The Hall–Kier alpha value is -3.97. The summed E-state index contributed by atoms with van der Waals surface area (Å²) >= 11 is 1.23. The third-order valence-corrected chi connectivity index (χ3v) is 7.10. The van der Waals surface area contributed by atoms with Crippen LogP contribution in [0.15, 0.2) is 54.9 Å². The number of imide groups is 1. The number of fused-ring (bicyclic) bond motifs is 2. The molecule has 0 spiro atoms. The van der Waals surface area contributed by atoms with Crippen LogP contribution in [0, 0.1) is 11.3 Å². The summed E-state index contributed by atoms with van der Waals surface area (Å²) < 4.78 is 31.9. The van der Waals surface area contributed by atoms with E-state index < -0.39 is 29.7 Å². The average molecular weight is 478 g/mol. The molecular weight excluding hydrogens is 462 g/mol. The second-order valence-electron chi connectivity index (χ2n) is 7.68. The number of carbonyl (C=O) groups is 2. The highest BCUT2D eigenvalue weighted by atomic mass is 32.2. The Kier molecular flexibility index (Phi) is 5.42. The molecule has 2 atom stereocenters. The van der Waals surface area contributed by atoms with Crippen molar-refractivity contribution in [2.24, 2.45) is 0 Å². The maximum absolute atomic E-state index is 13.5. The van der Waals surface area contributed by atoms with Gasteiger partial charge in [-0.2, -0.15) is 5.26 Å². The number of urea groups is 1. The van der Waals surface area contributed by atoms with Gasteiger partial charge < -0.3 is 10.1 Å². The molecule has 5 rings (SSSR count). The Labute approximate surface area is 197 Å². The third-order valence-electron chi connectivity index (χ3n) is 5.74. The largest absolute Gasteiger partial charge is 0.497 e. The Bertz CT molecular complexity index is 1420. The van der Waals surface area contributed by atoms with Crippen LogP contribution in [0.4, 0.5) is 19.3 Å². The number of carbonyl (C=O) groups excluding carboxylic acids is 2. The van der Waals surface area contributed by atoms with E-state index >= 15 is 0 Å². The van der Waals surface area contributed by atoms with Crippen molar-refractivity contribution in [1.82, 2.24) is 10.3 Å². The third kappa shape index (κ3) is 3.54. The van der Waals surface area contributed by atoms with Crippen LogP contribution in [0.1, 0.15) is 23.1 Å². The number of anilines is 1. The number of nitrogens with zero attached hydrogens (tertiary/aromatic N) is 3. The van der Waals surface area contributed by atoms with E-state index in [1.54, 1.807) is 24.3 Å². The van der Waals surface area contributed by atoms with Crippen molar-refractivity contribution in [3.05, 3.63) is 71.6 Å². The zero-order chi connectivity index (χ0) is 24.0. The molecule has 2 aliphatic heterocycles. The summed E-state index contributed by atoms with van der Waals surface area (Å²) in [6.45, 7) is 0. The lowest BCUT2D eigenvalue weighted by Crippen LogP contribution is -2.60. The number of hydrogen-bond acceptors (Lipinski definition) is 6. The van der Waals surface area contributed by atoms with Crippen molar-refractivity contribution in [2.75, 3.05) is 12.0 Å². The molecule has 2 unspecified atom stereocenters. The summed E-state index contributed by atoms with van der Waals surface area (Å²) in [7, 11) is 1.51. The highest BCUT2D eigenvalue weighted by Crippen LogP contribution is 2.44. The highest BCUT2D eigenvalue weighted by molar-refractivity contribution is 8.09. The van der Waals surface area contributed by atoms with Crippen molar-refractivity contribution < 1.29 is 23.1 Å². The van der Waals surface area contributed by atoms with Crippen LogP contribution >= 0.6 is 11.8 Å². The molecule has 0 radical (unpaired) electrons. The SMILES string of the molecule is COc1ccc(C#N)c(C2=CC3NC(=O)N(c4cncc5ccc(C(F)F)cc45)C(=O)C3S2)c1. The summed E-state index contributed by atoms with van der Waals surface area (Å²) in [6.07, 6.45) is 1.85. The Morgan fingerprint density at radius 3 is 2.76 bits per heavy atom. The minimum absolute atomic E-state index is 0.133. The number of halogens is 2. The van der Waals surface area contributed by atoms with Gasteiger partial charge in [-0.3, -0.25) is 9.78 Å². The first kappa shape index (κ1) is 21.9. The molecule has 0 bridgehead atoms. The highest BCUT2D eigenvalue weighted by Gasteiger charge is 2.46. The number of pyridine rings is 1. The normalized spacial score (nSPS) is 19.6. The molecule has 10 heteroatoms. The van der Waals surface area contributed by atoms with Gasteiger partial charge in [0, 0.05) is 33.0 Å². The van der Waals surface area contributed by atoms with E-state index in [-0.39, 0.29) is 11.3 Å². The second-order valence-corrected chi connectivity index (χ2v) is 8.86. The van der Waals surface area contributed by atoms with Gasteiger partial charge in [0.05, 0.1) is 36.7 Å². The molecule has 170 valence electrons. The van der Waals surface area contributed by atoms with Crippen molar-refractivity contribution in [2.45, 2.75) is 17.7 Å². The van der Waals surface area contributed by atoms with Gasteiger partial charge in [0.1, 0.15) is 11.0 Å². The number of alkyl halides is 2. The van der Waals surface area contributed by atoms with Gasteiger partial charge in [-0.05, 0) is 30.3 Å². The minimum atomic E-state index is -2.70. The maximum Gasteiger partial charge on any atom is 0.329 e. The molecule has 34 heavy (non-hydrogen) atoms. The van der Waals surface area contributed by atoms with Gasteiger partial charge in [0.2, 0.25) is 0 Å². The number of methoxy groups -OCH3 is 1. The second kappa shape index (κ2) is 8.43. The lowest BCUT2D eigenvalue weighted by molar-refractivity contribution is -0.118. The molecule has 0 saturated carbocycles. The van der Waals surface area contributed by atoms with E-state index in [9.17, 15) is 23.6 Å². The lowest BCUT2D eigenvalue weighted by Gasteiger charge is -2.33. The molecule has 3 heterocycles. The van der Waals surface area contributed by atoms with Crippen molar-refractivity contribution in [3.8, 4) is 11.8 Å². The van der Waals surface area contributed by atoms with Crippen LogP contribution in [0.5, 0.6) is 5.75 Å². The Balaban J connectivity index is 1.52. The average Bonchev–Trinajstić information content (AvgIpc) is 3.27. The predicted octanol–water partition coefficient (Wildman–Crippen LogP) is 4.63. The summed E-state index contributed by atoms with van der Waals surface area (Å²) in [5, 5.41) is 12.5. The number of nitrogens with one attached hydrogen (secondary N) is 1. The fraction of sp³-hybridized carbons (Fsp3) is 0.167. The van der Waals surface area contributed by atoms with Crippen LogP contribution in [0.3, 0.4) is 0 Å². The van der Waals surface area contributed by atoms with Crippen LogP contribution in [0.25, 0.3) is 15.7 Å². The zero-order valence-corrected chi connectivity index (χ0v) is 18.5. The van der Waals surface area contributed by atoms with Crippen LogP contribution < -0.4 is 15.0 Å². The van der Waals surface area contributed by atoms with Gasteiger partial charge in [0.15, 0.2) is 0 Å². The monoisotopic (exact) mass is 478 g/mol. The first-order valence-corrected chi connectivity index (χ1v) is 11.1. The van der Waals surface area contributed by atoms with Crippen molar-refractivity contribution >= 4 is 45.1 Å². The Morgan fingerprint density at radius 2 is 2.03 bits per heavy atom. The predicted molar refractivity (Wildman–Crippen MR) is 124 cm³/mol. The van der Waals surface area contributed by atoms with Crippen molar-refractivity contribution in [3.63, 3.8) is 0 Å². The van der Waals surface area contributed by atoms with E-state index in [0.29, 0.717) is 32.6 Å². The standard InChI is InChI=1S/C24H16F2N4O3S/c1-33-15-5-4-13(9-27)17(7-15)20-8-18-21(34-20)23(31)30(24(32)29-18)19-11-28-10-14-3-2-12(22(25)26)6-16(14)19/h2-8,10-11,18,21-22H,1H3,(H,29,32). The molecule has 1 fully saturated rings. The fourth-order valence-corrected chi connectivity index (χ4v) is 5.36. The van der Waals surface area contributed by atoms with E-state index in [4.69, 9.17) is 4.74 Å². The number of amides is 3. The quantitative estimate of drug-likeness (QED) is 0.587. The topological polar surface area (TPSA) is 95.3 Å². The van der Waals surface area contributed by atoms with Crippen LogP contribution in [-0.2, 0) is 4.79 Å². The molecule has 1 N–H and O–H groups in total. The van der Waals surface area contributed by atoms with Crippen LogP contribution in [-0.4, -0.2) is 35.3 Å². The van der Waals surface area contributed by atoms with E-state index in [2.05, 4.69) is 16.4 Å². The number of nitriles is 1. The van der Waals surface area contributed by atoms with Gasteiger partial charge in [-0.25, -0.2) is 18.5 Å². The smallest absolute Gasteiger partial charge is 0.329 e. The Morgan fingerprint density at radius 1 is 1.21 bits per heavy atom. The summed E-state index contributed by atoms with van der Waals surface area (Å²) in [5.74, 6) is 0.0576. The number of benzene rings is 2. The van der Waals surface area contributed by atoms with Gasteiger partial charge >= 0.3 is 6.03 Å². The molecule has 7 nitrogen and oxygen atoms in total. The van der Waals surface area contributed by atoms with E-state index in [0.717, 1.165) is 4.90 Å². The van der Waals surface area contributed by atoms with Gasteiger partial charge in [-0.15, -0.1) is 11.8 Å². The van der Waals surface area contributed by atoms with Gasteiger partial charge in [-0.1, -0.05) is 12.1 Å². The first-order valence-electron chi connectivity index (χ1n) is 10.2. The number of rotatable bonds is 4. The first-order chi connectivity index (χ1) is 16.4. The molecule has 3 aromatic rings. The molecule has 1 aromatic heterocycles. The molecule has 3 amide bonds.